The molecular formula is C16H23N5O. The van der Waals surface area contributed by atoms with Crippen molar-refractivity contribution in [2.24, 2.45) is 5.92 Å². The maximum absolute atomic E-state index is 5.73. The third-order valence-corrected chi connectivity index (χ3v) is 4.01. The van der Waals surface area contributed by atoms with Crippen LogP contribution >= 0.6 is 0 Å². The average Bonchev–Trinajstić information content (AvgIpc) is 3.06. The molecule has 0 saturated carbocycles. The van der Waals surface area contributed by atoms with Crippen molar-refractivity contribution in [1.82, 2.24) is 24.6 Å². The van der Waals surface area contributed by atoms with Gasteiger partial charge in [-0.05, 0) is 37.9 Å². The van der Waals surface area contributed by atoms with Gasteiger partial charge in [-0.1, -0.05) is 0 Å². The molecule has 0 spiro atoms. The maximum Gasteiger partial charge on any atom is 0.316 e. The first-order chi connectivity index (χ1) is 10.8. The van der Waals surface area contributed by atoms with E-state index in [0.717, 1.165) is 25.2 Å². The topological polar surface area (TPSA) is 56.1 Å². The summed E-state index contributed by atoms with van der Waals surface area (Å²) in [4.78, 5) is 10.9. The zero-order valence-electron chi connectivity index (χ0n) is 13.1. The summed E-state index contributed by atoms with van der Waals surface area (Å²) in [6.45, 7) is 6.90. The molecule has 2 aromatic rings. The minimum absolute atomic E-state index is 0.485. The lowest BCUT2D eigenvalue weighted by molar-refractivity contribution is 0.122. The quantitative estimate of drug-likeness (QED) is 0.814. The van der Waals surface area contributed by atoms with Gasteiger partial charge in [-0.2, -0.15) is 5.10 Å². The normalized spacial score (nSPS) is 19.2. The first-order valence-corrected chi connectivity index (χ1v) is 7.91. The first kappa shape index (κ1) is 15.0. The molecule has 0 radical (unpaired) electrons. The van der Waals surface area contributed by atoms with E-state index in [9.17, 15) is 0 Å². The summed E-state index contributed by atoms with van der Waals surface area (Å²) in [6.07, 6.45) is 9.86. The molecule has 0 amide bonds. The fourth-order valence-corrected chi connectivity index (χ4v) is 2.81. The standard InChI is InChI=1S/C16H23N5O/c1-14-10-17-16(18-11-14)22-13-15-4-2-6-20(12-15)8-9-21-7-3-5-19-21/h3,5,7,10-11,15H,2,4,6,8-9,12-13H2,1H3. The lowest BCUT2D eigenvalue weighted by Crippen LogP contribution is -2.39. The summed E-state index contributed by atoms with van der Waals surface area (Å²) in [7, 11) is 0. The van der Waals surface area contributed by atoms with Crippen LogP contribution in [0.2, 0.25) is 0 Å². The first-order valence-electron chi connectivity index (χ1n) is 7.91. The minimum Gasteiger partial charge on any atom is -0.463 e. The predicted octanol–water partition coefficient (Wildman–Crippen LogP) is 1.77. The maximum atomic E-state index is 5.73. The average molecular weight is 301 g/mol. The molecular weight excluding hydrogens is 278 g/mol. The van der Waals surface area contributed by atoms with Crippen molar-refractivity contribution in [3.05, 3.63) is 36.4 Å². The number of aryl methyl sites for hydroxylation is 1. The van der Waals surface area contributed by atoms with Crippen LogP contribution in [-0.2, 0) is 6.54 Å². The van der Waals surface area contributed by atoms with Gasteiger partial charge >= 0.3 is 6.01 Å². The smallest absolute Gasteiger partial charge is 0.316 e. The number of rotatable bonds is 6. The minimum atomic E-state index is 0.485. The lowest BCUT2D eigenvalue weighted by atomic mass is 9.99. The molecule has 6 nitrogen and oxygen atoms in total. The van der Waals surface area contributed by atoms with Crippen LogP contribution in [0, 0.1) is 12.8 Å². The number of nitrogens with zero attached hydrogens (tertiary/aromatic N) is 5. The van der Waals surface area contributed by atoms with Crippen LogP contribution in [0.1, 0.15) is 18.4 Å². The van der Waals surface area contributed by atoms with E-state index < -0.39 is 0 Å². The second-order valence-electron chi connectivity index (χ2n) is 5.93. The highest BCUT2D eigenvalue weighted by Gasteiger charge is 2.20. The molecule has 3 heterocycles. The summed E-state index contributed by atoms with van der Waals surface area (Å²) in [5.41, 5.74) is 1.05. The lowest BCUT2D eigenvalue weighted by Gasteiger charge is -2.32. The van der Waals surface area contributed by atoms with Gasteiger partial charge in [-0.3, -0.25) is 4.68 Å². The second kappa shape index (κ2) is 7.35. The van der Waals surface area contributed by atoms with Gasteiger partial charge in [0.15, 0.2) is 0 Å². The van der Waals surface area contributed by atoms with E-state index in [-0.39, 0.29) is 0 Å². The van der Waals surface area contributed by atoms with E-state index in [1.54, 1.807) is 12.4 Å². The van der Waals surface area contributed by atoms with Gasteiger partial charge in [-0.15, -0.1) is 0 Å². The highest BCUT2D eigenvalue weighted by molar-refractivity contribution is 5.04. The van der Waals surface area contributed by atoms with Crippen LogP contribution in [0.15, 0.2) is 30.9 Å². The van der Waals surface area contributed by atoms with Crippen molar-refractivity contribution >= 4 is 0 Å². The van der Waals surface area contributed by atoms with Gasteiger partial charge in [0.1, 0.15) is 0 Å². The van der Waals surface area contributed by atoms with E-state index in [0.29, 0.717) is 18.5 Å². The number of piperidine rings is 1. The van der Waals surface area contributed by atoms with Crippen molar-refractivity contribution in [2.45, 2.75) is 26.3 Å². The number of aromatic nitrogens is 4. The largest absolute Gasteiger partial charge is 0.463 e. The van der Waals surface area contributed by atoms with Crippen molar-refractivity contribution in [2.75, 3.05) is 26.2 Å². The molecule has 2 aromatic heterocycles. The Balaban J connectivity index is 1.43. The van der Waals surface area contributed by atoms with Gasteiger partial charge in [0.05, 0.1) is 13.2 Å². The van der Waals surface area contributed by atoms with Crippen LogP contribution in [-0.4, -0.2) is 50.9 Å². The summed E-state index contributed by atoms with van der Waals surface area (Å²) in [5, 5.41) is 4.25. The number of hydrogen-bond donors (Lipinski definition) is 0. The van der Waals surface area contributed by atoms with Crippen LogP contribution in [0.25, 0.3) is 0 Å². The molecule has 0 N–H and O–H groups in total. The van der Waals surface area contributed by atoms with Crippen molar-refractivity contribution in [3.63, 3.8) is 0 Å². The highest BCUT2D eigenvalue weighted by atomic mass is 16.5. The summed E-state index contributed by atoms with van der Waals surface area (Å²) in [6, 6.07) is 2.45. The summed E-state index contributed by atoms with van der Waals surface area (Å²) in [5.74, 6) is 0.552. The third kappa shape index (κ3) is 4.27. The highest BCUT2D eigenvalue weighted by Crippen LogP contribution is 2.17. The monoisotopic (exact) mass is 301 g/mol. The third-order valence-electron chi connectivity index (χ3n) is 4.01. The zero-order chi connectivity index (χ0) is 15.2. The van der Waals surface area contributed by atoms with E-state index >= 15 is 0 Å². The van der Waals surface area contributed by atoms with E-state index in [1.807, 2.05) is 30.1 Å². The number of hydrogen-bond acceptors (Lipinski definition) is 5. The fraction of sp³-hybridized carbons (Fsp3) is 0.562. The Morgan fingerprint density at radius 2 is 2.14 bits per heavy atom. The molecule has 1 atom stereocenters. The Hall–Kier alpha value is -1.95. The molecule has 22 heavy (non-hydrogen) atoms. The molecule has 0 aromatic carbocycles. The summed E-state index contributed by atoms with van der Waals surface area (Å²) >= 11 is 0. The zero-order valence-corrected chi connectivity index (χ0v) is 13.1. The Morgan fingerprint density at radius 1 is 1.27 bits per heavy atom. The Morgan fingerprint density at radius 3 is 2.91 bits per heavy atom. The molecule has 118 valence electrons. The van der Waals surface area contributed by atoms with Gasteiger partial charge in [-0.25, -0.2) is 9.97 Å². The Kier molecular flexibility index (Phi) is 5.00. The fourth-order valence-electron chi connectivity index (χ4n) is 2.81. The van der Waals surface area contributed by atoms with Crippen LogP contribution in [0.3, 0.4) is 0 Å². The van der Waals surface area contributed by atoms with Crippen molar-refractivity contribution in [1.29, 1.82) is 0 Å². The van der Waals surface area contributed by atoms with Gasteiger partial charge in [0, 0.05) is 43.8 Å². The van der Waals surface area contributed by atoms with Gasteiger partial charge in [0.2, 0.25) is 0 Å². The molecule has 1 aliphatic rings. The van der Waals surface area contributed by atoms with Gasteiger partial charge < -0.3 is 9.64 Å². The Labute approximate surface area is 131 Å². The van der Waals surface area contributed by atoms with E-state index in [4.69, 9.17) is 4.74 Å². The molecule has 1 fully saturated rings. The molecule has 0 bridgehead atoms. The van der Waals surface area contributed by atoms with Gasteiger partial charge in [0.25, 0.3) is 0 Å². The molecule has 1 aliphatic heterocycles. The number of likely N-dealkylation sites (tertiary alicyclic amines) is 1. The SMILES string of the molecule is Cc1cnc(OCC2CCCN(CCn3cccn3)C2)nc1. The van der Waals surface area contributed by atoms with Crippen molar-refractivity contribution < 1.29 is 4.74 Å². The molecule has 1 saturated heterocycles. The number of ether oxygens (including phenoxy) is 1. The summed E-state index contributed by atoms with van der Waals surface area (Å²) < 4.78 is 7.72. The van der Waals surface area contributed by atoms with E-state index in [1.165, 1.54) is 19.4 Å². The molecule has 6 heteroatoms. The van der Waals surface area contributed by atoms with Crippen molar-refractivity contribution in [3.8, 4) is 6.01 Å². The molecule has 1 unspecified atom stereocenters. The van der Waals surface area contributed by atoms with Crippen LogP contribution < -0.4 is 4.74 Å². The van der Waals surface area contributed by atoms with Crippen LogP contribution in [0.4, 0.5) is 0 Å². The Bertz CT molecular complexity index is 554. The predicted molar refractivity (Wildman–Crippen MR) is 83.7 cm³/mol. The van der Waals surface area contributed by atoms with Crippen LogP contribution in [0.5, 0.6) is 6.01 Å². The molecule has 3 rings (SSSR count). The second-order valence-corrected chi connectivity index (χ2v) is 5.93. The van der Waals surface area contributed by atoms with E-state index in [2.05, 4.69) is 20.0 Å². The molecule has 0 aliphatic carbocycles.